The molecular formula is C26H20N4O5S. The van der Waals surface area contributed by atoms with E-state index in [1.807, 2.05) is 0 Å². The molecule has 0 aliphatic carbocycles. The fourth-order valence-corrected chi connectivity index (χ4v) is 3.76. The molecule has 9 nitrogen and oxygen atoms in total. The van der Waals surface area contributed by atoms with Gasteiger partial charge in [-0.25, -0.2) is 0 Å². The van der Waals surface area contributed by atoms with Gasteiger partial charge in [0.1, 0.15) is 16.4 Å². The molecule has 0 spiro atoms. The molecule has 4 rings (SSSR count). The van der Waals surface area contributed by atoms with E-state index in [1.54, 1.807) is 66.7 Å². The molecule has 0 aliphatic heterocycles. The van der Waals surface area contributed by atoms with Crippen LogP contribution >= 0.6 is 0 Å². The summed E-state index contributed by atoms with van der Waals surface area (Å²) < 4.78 is 33.6. The predicted molar refractivity (Wildman–Crippen MR) is 136 cm³/mol. The second-order valence-corrected chi connectivity index (χ2v) is 8.94. The molecule has 0 bridgehead atoms. The Bertz CT molecular complexity index is 1550. The fourth-order valence-electron chi connectivity index (χ4n) is 3.05. The zero-order valence-corrected chi connectivity index (χ0v) is 19.5. The Morgan fingerprint density at radius 1 is 0.556 bits per heavy atom. The molecule has 0 atom stereocenters. The summed E-state index contributed by atoms with van der Waals surface area (Å²) in [4.78, 5) is -0.305. The zero-order valence-electron chi connectivity index (χ0n) is 18.7. The van der Waals surface area contributed by atoms with E-state index in [9.17, 15) is 23.2 Å². The third kappa shape index (κ3) is 6.69. The second-order valence-electron chi connectivity index (χ2n) is 7.55. The molecule has 180 valence electrons. The zero-order chi connectivity index (χ0) is 25.5. The van der Waals surface area contributed by atoms with Crippen LogP contribution < -0.4 is 0 Å². The van der Waals surface area contributed by atoms with E-state index in [1.165, 1.54) is 36.4 Å². The van der Waals surface area contributed by atoms with Gasteiger partial charge in [0.25, 0.3) is 10.1 Å². The first-order valence-corrected chi connectivity index (χ1v) is 12.0. The first-order valence-electron chi connectivity index (χ1n) is 10.6. The van der Waals surface area contributed by atoms with Crippen LogP contribution in [0.2, 0.25) is 0 Å². The third-order valence-electron chi connectivity index (χ3n) is 4.88. The summed E-state index contributed by atoms with van der Waals surface area (Å²) in [6, 6.07) is 23.7. The predicted octanol–water partition coefficient (Wildman–Crippen LogP) is 7.35. The Morgan fingerprint density at radius 3 is 1.44 bits per heavy atom. The average molecular weight is 501 g/mol. The maximum absolute atomic E-state index is 12.0. The van der Waals surface area contributed by atoms with Gasteiger partial charge in [-0.05, 0) is 83.9 Å². The number of benzene rings is 4. The molecule has 0 saturated carbocycles. The van der Waals surface area contributed by atoms with Crippen LogP contribution in [0.5, 0.6) is 11.5 Å². The van der Waals surface area contributed by atoms with Gasteiger partial charge in [0.2, 0.25) is 0 Å². The van der Waals surface area contributed by atoms with Crippen LogP contribution in [0.4, 0.5) is 22.7 Å². The van der Waals surface area contributed by atoms with E-state index >= 15 is 0 Å². The standard InChI is InChI=1S/C26H20N4O5S/c31-24-13-9-21(10-14-24)28-27-20-6-2-18(3-7-20)1-4-19-5-8-23(17-26(19)36(33,34)35)30-29-22-11-15-25(32)16-12-22/h1-17,31-32H,(H,33,34,35)/b4-1+,28-27?,30-29?. The van der Waals surface area contributed by atoms with Crippen molar-refractivity contribution in [3.8, 4) is 11.5 Å². The highest BCUT2D eigenvalue weighted by Crippen LogP contribution is 2.27. The molecule has 0 radical (unpaired) electrons. The Morgan fingerprint density at radius 2 is 0.972 bits per heavy atom. The quantitative estimate of drug-likeness (QED) is 0.138. The van der Waals surface area contributed by atoms with Crippen LogP contribution in [0.3, 0.4) is 0 Å². The van der Waals surface area contributed by atoms with E-state index in [2.05, 4.69) is 20.5 Å². The van der Waals surface area contributed by atoms with Gasteiger partial charge in [-0.15, -0.1) is 0 Å². The summed E-state index contributed by atoms with van der Waals surface area (Å²) in [5.74, 6) is 0.238. The molecule has 4 aromatic rings. The molecule has 0 fully saturated rings. The van der Waals surface area contributed by atoms with Crippen LogP contribution in [0.25, 0.3) is 12.2 Å². The number of azo groups is 2. The molecule has 4 aromatic carbocycles. The Hall–Kier alpha value is -4.67. The highest BCUT2D eigenvalue weighted by Gasteiger charge is 2.15. The largest absolute Gasteiger partial charge is 0.508 e. The molecule has 3 N–H and O–H groups in total. The lowest BCUT2D eigenvalue weighted by Crippen LogP contribution is -2.00. The third-order valence-corrected chi connectivity index (χ3v) is 5.79. The first-order chi connectivity index (χ1) is 17.3. The van der Waals surface area contributed by atoms with Crippen LogP contribution in [0.1, 0.15) is 11.1 Å². The maximum Gasteiger partial charge on any atom is 0.295 e. The van der Waals surface area contributed by atoms with Crippen molar-refractivity contribution >= 4 is 45.0 Å². The minimum atomic E-state index is -4.52. The number of phenols is 2. The van der Waals surface area contributed by atoms with Gasteiger partial charge in [0, 0.05) is 0 Å². The molecule has 0 heterocycles. The molecule has 0 saturated heterocycles. The number of hydrogen-bond acceptors (Lipinski definition) is 8. The fraction of sp³-hybridized carbons (Fsp3) is 0. The molecule has 10 heteroatoms. The van der Waals surface area contributed by atoms with Crippen LogP contribution in [0, 0.1) is 0 Å². The SMILES string of the molecule is O=S(=O)(O)c1cc(N=Nc2ccc(O)cc2)ccc1/C=C/c1ccc(N=Nc2ccc(O)cc2)cc1. The number of nitrogens with zero attached hydrogens (tertiary/aromatic N) is 4. The molecular weight excluding hydrogens is 480 g/mol. The monoisotopic (exact) mass is 500 g/mol. The molecule has 0 aromatic heterocycles. The average Bonchev–Trinajstić information content (AvgIpc) is 2.87. The maximum atomic E-state index is 12.0. The normalized spacial score (nSPS) is 12.1. The van der Waals surface area contributed by atoms with Crippen LogP contribution in [0.15, 0.2) is 116 Å². The Labute approximate surface area is 207 Å². The summed E-state index contributed by atoms with van der Waals surface area (Å²) in [5, 5.41) is 34.9. The summed E-state index contributed by atoms with van der Waals surface area (Å²) in [6.07, 6.45) is 3.26. The number of aromatic hydroxyl groups is 2. The van der Waals surface area contributed by atoms with E-state index in [-0.39, 0.29) is 27.6 Å². The summed E-state index contributed by atoms with van der Waals surface area (Å²) in [5.41, 5.74) is 2.96. The minimum Gasteiger partial charge on any atom is -0.508 e. The van der Waals surface area contributed by atoms with Crippen molar-refractivity contribution < 1.29 is 23.2 Å². The van der Waals surface area contributed by atoms with Crippen molar-refractivity contribution in [1.82, 2.24) is 0 Å². The van der Waals surface area contributed by atoms with Gasteiger partial charge in [-0.3, -0.25) is 4.55 Å². The topological polar surface area (TPSA) is 144 Å². The number of phenolic OH excluding ortho intramolecular Hbond substituents is 2. The van der Waals surface area contributed by atoms with E-state index in [0.29, 0.717) is 17.1 Å². The van der Waals surface area contributed by atoms with Gasteiger partial charge in [-0.1, -0.05) is 30.4 Å². The lowest BCUT2D eigenvalue weighted by atomic mass is 10.1. The van der Waals surface area contributed by atoms with Crippen LogP contribution in [-0.4, -0.2) is 23.2 Å². The lowest BCUT2D eigenvalue weighted by Gasteiger charge is -2.04. The van der Waals surface area contributed by atoms with Gasteiger partial charge < -0.3 is 10.2 Å². The summed E-state index contributed by atoms with van der Waals surface area (Å²) in [7, 11) is -4.52. The van der Waals surface area contributed by atoms with E-state index < -0.39 is 10.1 Å². The smallest absolute Gasteiger partial charge is 0.295 e. The highest BCUT2D eigenvalue weighted by atomic mass is 32.2. The molecule has 0 unspecified atom stereocenters. The highest BCUT2D eigenvalue weighted by molar-refractivity contribution is 7.86. The number of hydrogen-bond donors (Lipinski definition) is 3. The first kappa shape index (κ1) is 24.5. The van der Waals surface area contributed by atoms with Gasteiger partial charge >= 0.3 is 0 Å². The second kappa shape index (κ2) is 10.7. The lowest BCUT2D eigenvalue weighted by molar-refractivity contribution is 0.475. The minimum absolute atomic E-state index is 0.0897. The molecule has 0 amide bonds. The van der Waals surface area contributed by atoms with Gasteiger partial charge in [0.15, 0.2) is 0 Å². The van der Waals surface area contributed by atoms with Crippen molar-refractivity contribution in [3.63, 3.8) is 0 Å². The van der Waals surface area contributed by atoms with Crippen LogP contribution in [-0.2, 0) is 10.1 Å². The van der Waals surface area contributed by atoms with E-state index in [0.717, 1.165) is 5.56 Å². The van der Waals surface area contributed by atoms with Crippen molar-refractivity contribution in [2.75, 3.05) is 0 Å². The summed E-state index contributed by atoms with van der Waals surface area (Å²) in [6.45, 7) is 0. The molecule has 36 heavy (non-hydrogen) atoms. The summed E-state index contributed by atoms with van der Waals surface area (Å²) >= 11 is 0. The van der Waals surface area contributed by atoms with E-state index in [4.69, 9.17) is 0 Å². The van der Waals surface area contributed by atoms with Crippen molar-refractivity contribution in [1.29, 1.82) is 0 Å². The van der Waals surface area contributed by atoms with Crippen molar-refractivity contribution in [2.24, 2.45) is 20.5 Å². The van der Waals surface area contributed by atoms with Gasteiger partial charge in [0.05, 0.1) is 22.7 Å². The Kier molecular flexibility index (Phi) is 7.28. The van der Waals surface area contributed by atoms with Crippen molar-refractivity contribution in [3.05, 3.63) is 102 Å². The van der Waals surface area contributed by atoms with Gasteiger partial charge in [-0.2, -0.15) is 28.9 Å². The Balaban J connectivity index is 1.51. The number of rotatable bonds is 7. The molecule has 0 aliphatic rings. The van der Waals surface area contributed by atoms with Crippen molar-refractivity contribution in [2.45, 2.75) is 4.90 Å².